The molecule has 1 atom stereocenters. The Hall–Kier alpha value is -1.14. The number of benzene rings is 1. The number of nitrogens with zero attached hydrogens (tertiary/aromatic N) is 1. The van der Waals surface area contributed by atoms with Gasteiger partial charge in [0.05, 0.1) is 11.6 Å². The summed E-state index contributed by atoms with van der Waals surface area (Å²) in [7, 11) is 0. The van der Waals surface area contributed by atoms with E-state index in [9.17, 15) is 0 Å². The van der Waals surface area contributed by atoms with Gasteiger partial charge >= 0.3 is 0 Å². The fraction of sp³-hybridized carbons (Fsp3) is 0.417. The molecule has 0 radical (unpaired) electrons. The van der Waals surface area contributed by atoms with Crippen LogP contribution in [0.3, 0.4) is 0 Å². The normalized spacial score (nSPS) is 20.6. The molecule has 0 N–H and O–H groups in total. The number of rotatable bonds is 2. The zero-order valence-corrected chi connectivity index (χ0v) is 9.30. The van der Waals surface area contributed by atoms with Crippen LogP contribution in [0.5, 0.6) is 5.75 Å². The molecule has 1 aliphatic rings. The van der Waals surface area contributed by atoms with Crippen LogP contribution in [0.15, 0.2) is 24.3 Å². The van der Waals surface area contributed by atoms with Crippen LogP contribution in [0.25, 0.3) is 0 Å². The van der Waals surface area contributed by atoms with Crippen molar-refractivity contribution in [2.45, 2.75) is 18.9 Å². The van der Waals surface area contributed by atoms with E-state index in [4.69, 9.17) is 10.00 Å². The Kier molecular flexibility index (Phi) is 3.52. The molecule has 2 rings (SSSR count). The molecular weight excluding hydrogens is 206 g/mol. The molecule has 0 aliphatic carbocycles. The minimum atomic E-state index is 0.317. The first-order valence-electron chi connectivity index (χ1n) is 5.13. The maximum Gasteiger partial charge on any atom is 0.121 e. The minimum Gasteiger partial charge on any atom is -0.490 e. The summed E-state index contributed by atoms with van der Waals surface area (Å²) in [4.78, 5) is 0. The molecule has 1 heterocycles. The minimum absolute atomic E-state index is 0.317. The number of thioether (sulfide) groups is 1. The molecule has 15 heavy (non-hydrogen) atoms. The summed E-state index contributed by atoms with van der Waals surface area (Å²) >= 11 is 1.94. The molecule has 0 bridgehead atoms. The molecule has 1 unspecified atom stereocenters. The number of ether oxygens (including phenoxy) is 1. The molecule has 2 nitrogen and oxygen atoms in total. The second-order valence-electron chi connectivity index (χ2n) is 3.60. The smallest absolute Gasteiger partial charge is 0.121 e. The van der Waals surface area contributed by atoms with Gasteiger partial charge < -0.3 is 4.74 Å². The third-order valence-electron chi connectivity index (χ3n) is 2.38. The molecule has 1 fully saturated rings. The predicted molar refractivity (Wildman–Crippen MR) is 62.1 cm³/mol. The molecule has 1 aromatic carbocycles. The van der Waals surface area contributed by atoms with Crippen molar-refractivity contribution in [2.75, 3.05) is 11.5 Å². The second-order valence-corrected chi connectivity index (χ2v) is 4.75. The van der Waals surface area contributed by atoms with E-state index < -0.39 is 0 Å². The van der Waals surface area contributed by atoms with Crippen LogP contribution in [-0.4, -0.2) is 17.6 Å². The fourth-order valence-corrected chi connectivity index (χ4v) is 2.67. The van der Waals surface area contributed by atoms with Crippen molar-refractivity contribution in [3.8, 4) is 11.8 Å². The summed E-state index contributed by atoms with van der Waals surface area (Å²) in [6.45, 7) is 0. The standard InChI is InChI=1S/C12H13NOS/c13-8-10-3-1-4-11(7-10)14-12-5-2-6-15-9-12/h1,3-4,7,12H,2,5-6,9H2. The average molecular weight is 219 g/mol. The molecule has 78 valence electrons. The van der Waals surface area contributed by atoms with Crippen molar-refractivity contribution in [3.05, 3.63) is 29.8 Å². The summed E-state index contributed by atoms with van der Waals surface area (Å²) < 4.78 is 5.83. The highest BCUT2D eigenvalue weighted by molar-refractivity contribution is 7.99. The van der Waals surface area contributed by atoms with Gasteiger partial charge in [-0.15, -0.1) is 0 Å². The van der Waals surface area contributed by atoms with Gasteiger partial charge in [0.1, 0.15) is 11.9 Å². The van der Waals surface area contributed by atoms with E-state index in [1.807, 2.05) is 23.9 Å². The highest BCUT2D eigenvalue weighted by Gasteiger charge is 2.15. The van der Waals surface area contributed by atoms with E-state index in [1.54, 1.807) is 12.1 Å². The lowest BCUT2D eigenvalue weighted by molar-refractivity contribution is 0.211. The van der Waals surface area contributed by atoms with Gasteiger partial charge in [0.25, 0.3) is 0 Å². The SMILES string of the molecule is N#Cc1cccc(OC2CCCSC2)c1. The third-order valence-corrected chi connectivity index (χ3v) is 3.57. The maximum atomic E-state index is 8.76. The predicted octanol–water partition coefficient (Wildman–Crippen LogP) is 2.83. The van der Waals surface area contributed by atoms with Crippen molar-refractivity contribution in [3.63, 3.8) is 0 Å². The Bertz CT molecular complexity index is 366. The lowest BCUT2D eigenvalue weighted by atomic mass is 10.2. The lowest BCUT2D eigenvalue weighted by Crippen LogP contribution is -2.23. The van der Waals surface area contributed by atoms with Gasteiger partial charge in [-0.25, -0.2) is 0 Å². The quantitative estimate of drug-likeness (QED) is 0.766. The highest BCUT2D eigenvalue weighted by atomic mass is 32.2. The number of nitriles is 1. The Labute approximate surface area is 94.2 Å². The van der Waals surface area contributed by atoms with Gasteiger partial charge in [-0.2, -0.15) is 17.0 Å². The van der Waals surface area contributed by atoms with Gasteiger partial charge in [0.15, 0.2) is 0 Å². The zero-order chi connectivity index (χ0) is 10.5. The van der Waals surface area contributed by atoms with Crippen LogP contribution in [0.4, 0.5) is 0 Å². The Morgan fingerprint density at radius 3 is 3.13 bits per heavy atom. The summed E-state index contributed by atoms with van der Waals surface area (Å²) in [6.07, 6.45) is 2.68. The van der Waals surface area contributed by atoms with Gasteiger partial charge in [0, 0.05) is 5.75 Å². The Balaban J connectivity index is 2.00. The van der Waals surface area contributed by atoms with Crippen LogP contribution < -0.4 is 4.74 Å². The van der Waals surface area contributed by atoms with E-state index in [2.05, 4.69) is 6.07 Å². The summed E-state index contributed by atoms with van der Waals surface area (Å²) in [5.74, 6) is 3.14. The van der Waals surface area contributed by atoms with Crippen LogP contribution in [0, 0.1) is 11.3 Å². The maximum absolute atomic E-state index is 8.76. The van der Waals surface area contributed by atoms with E-state index in [0.717, 1.165) is 17.9 Å². The first-order chi connectivity index (χ1) is 7.38. The monoisotopic (exact) mass is 219 g/mol. The number of hydrogen-bond acceptors (Lipinski definition) is 3. The summed E-state index contributed by atoms with van der Waals surface area (Å²) in [5, 5.41) is 8.76. The third kappa shape index (κ3) is 2.90. The van der Waals surface area contributed by atoms with E-state index in [1.165, 1.54) is 12.2 Å². The van der Waals surface area contributed by atoms with Crippen molar-refractivity contribution in [2.24, 2.45) is 0 Å². The van der Waals surface area contributed by atoms with Crippen LogP contribution >= 0.6 is 11.8 Å². The first-order valence-corrected chi connectivity index (χ1v) is 6.28. The van der Waals surface area contributed by atoms with Crippen molar-refractivity contribution in [1.82, 2.24) is 0 Å². The summed E-state index contributed by atoms with van der Waals surface area (Å²) in [6, 6.07) is 9.50. The topological polar surface area (TPSA) is 33.0 Å². The lowest BCUT2D eigenvalue weighted by Gasteiger charge is -2.22. The van der Waals surface area contributed by atoms with Crippen molar-refractivity contribution in [1.29, 1.82) is 5.26 Å². The molecule has 1 aromatic rings. The van der Waals surface area contributed by atoms with Crippen LogP contribution in [0.1, 0.15) is 18.4 Å². The molecule has 3 heteroatoms. The Morgan fingerprint density at radius 1 is 1.47 bits per heavy atom. The van der Waals surface area contributed by atoms with Crippen LogP contribution in [0.2, 0.25) is 0 Å². The van der Waals surface area contributed by atoms with Crippen molar-refractivity contribution >= 4 is 11.8 Å². The average Bonchev–Trinajstić information content (AvgIpc) is 2.31. The molecule has 1 saturated heterocycles. The molecule has 0 saturated carbocycles. The summed E-state index contributed by atoms with van der Waals surface area (Å²) in [5.41, 5.74) is 0.663. The number of hydrogen-bond donors (Lipinski definition) is 0. The second kappa shape index (κ2) is 5.09. The van der Waals surface area contributed by atoms with Gasteiger partial charge in [0.2, 0.25) is 0 Å². The fourth-order valence-electron chi connectivity index (χ4n) is 1.64. The zero-order valence-electron chi connectivity index (χ0n) is 8.48. The van der Waals surface area contributed by atoms with Gasteiger partial charge in [-0.05, 0) is 36.8 Å². The first kappa shape index (κ1) is 10.4. The largest absolute Gasteiger partial charge is 0.490 e. The van der Waals surface area contributed by atoms with E-state index in [0.29, 0.717) is 11.7 Å². The molecule has 0 aromatic heterocycles. The van der Waals surface area contributed by atoms with Crippen LogP contribution in [-0.2, 0) is 0 Å². The van der Waals surface area contributed by atoms with Crippen molar-refractivity contribution < 1.29 is 4.74 Å². The van der Waals surface area contributed by atoms with E-state index >= 15 is 0 Å². The Morgan fingerprint density at radius 2 is 2.40 bits per heavy atom. The molecule has 1 aliphatic heterocycles. The molecule has 0 spiro atoms. The molecular formula is C12H13NOS. The van der Waals surface area contributed by atoms with Gasteiger partial charge in [-0.1, -0.05) is 6.07 Å². The molecule has 0 amide bonds. The highest BCUT2D eigenvalue weighted by Crippen LogP contribution is 2.22. The van der Waals surface area contributed by atoms with Gasteiger partial charge in [-0.3, -0.25) is 0 Å². The van der Waals surface area contributed by atoms with E-state index in [-0.39, 0.29) is 0 Å².